The fourth-order valence-electron chi connectivity index (χ4n) is 17.2. The normalized spacial score (nSPS) is 19.2. The van der Waals surface area contributed by atoms with Gasteiger partial charge in [0, 0.05) is 26.4 Å². The zero-order valence-corrected chi connectivity index (χ0v) is 77.0. The Morgan fingerprint density at radius 2 is 0.525 bits per heavy atom. The van der Waals surface area contributed by atoms with E-state index in [2.05, 4.69) is 41.5 Å². The van der Waals surface area contributed by atoms with Crippen LogP contribution in [-0.4, -0.2) is 126 Å². The van der Waals surface area contributed by atoms with E-state index in [9.17, 15) is 24.0 Å². The molecular formula is C104H156O17Si. The number of hydrogen-bond donors (Lipinski definition) is 0. The molecule has 2 aliphatic heterocycles. The van der Waals surface area contributed by atoms with Crippen LogP contribution < -0.4 is 10.4 Å². The summed E-state index contributed by atoms with van der Waals surface area (Å²) in [4.78, 5) is 89.1. The first kappa shape index (κ1) is 102. The minimum Gasteiger partial charge on any atom is -0.455 e. The molecule has 17 nitrogen and oxygen atoms in total. The van der Waals surface area contributed by atoms with E-state index in [0.29, 0.717) is 19.3 Å². The van der Waals surface area contributed by atoms with Crippen LogP contribution in [0, 0.1) is 0 Å². The SMILES string of the molecule is CCCCCCCCCCCCCCCCCC(=O)O[C@@H]1[C@@H](OC(=O)CCCCCCCCCCCCCCCCC)[C@@H](OC)O[C@H](CO[C@@H]2O[C@H](CO[Si](c3ccccc3)(c3ccccc3)C(C)(C)C)[C@@H](OC(=O)c3ccccc3)[C@H](OC(=O)c3ccccc3)[C@H]2OC(=O)c2ccccc2)[C@H]1OC(=O)CCCCCCCCCCCCCCCCC. The highest BCUT2D eigenvalue weighted by atomic mass is 28.4. The van der Waals surface area contributed by atoms with Gasteiger partial charge in [-0.1, -0.05) is 426 Å². The monoisotopic (exact) mass is 1710 g/mol. The lowest BCUT2D eigenvalue weighted by molar-refractivity contribution is -0.329. The molecule has 2 saturated heterocycles. The number of rotatable bonds is 66. The third-order valence-electron chi connectivity index (χ3n) is 24.2. The molecule has 0 amide bonds. The molecule has 18 heteroatoms. The van der Waals surface area contributed by atoms with Crippen molar-refractivity contribution >= 4 is 54.5 Å². The number of esters is 6. The molecule has 5 aromatic carbocycles. The van der Waals surface area contributed by atoms with Gasteiger partial charge in [-0.25, -0.2) is 14.4 Å². The van der Waals surface area contributed by atoms with E-state index in [1.165, 1.54) is 200 Å². The lowest BCUT2D eigenvalue weighted by Crippen LogP contribution is -2.69. The zero-order valence-electron chi connectivity index (χ0n) is 76.0. The summed E-state index contributed by atoms with van der Waals surface area (Å²) in [6.45, 7) is 12.3. The van der Waals surface area contributed by atoms with Crippen molar-refractivity contribution in [3.05, 3.63) is 168 Å². The zero-order chi connectivity index (χ0) is 86.9. The molecule has 0 aliphatic carbocycles. The summed E-state index contributed by atoms with van der Waals surface area (Å²) in [5.74, 6) is -4.25. The molecule has 2 fully saturated rings. The molecule has 122 heavy (non-hydrogen) atoms. The van der Waals surface area contributed by atoms with Crippen LogP contribution in [0.1, 0.15) is 381 Å². The molecule has 7 rings (SSSR count). The van der Waals surface area contributed by atoms with Crippen LogP contribution in [0.25, 0.3) is 0 Å². The van der Waals surface area contributed by atoms with Crippen LogP contribution in [-0.2, 0) is 66.2 Å². The minimum absolute atomic E-state index is 0.0211. The number of methoxy groups -OCH3 is 1. The highest BCUT2D eigenvalue weighted by molar-refractivity contribution is 6.99. The molecule has 0 radical (unpaired) electrons. The molecule has 0 spiro atoms. The Balaban J connectivity index is 1.22. The van der Waals surface area contributed by atoms with Gasteiger partial charge in [-0.05, 0) is 71.1 Å². The first-order valence-corrected chi connectivity index (χ1v) is 50.1. The standard InChI is InChI=1S/C104H156O17Si/c1-8-11-14-17-20-23-26-29-32-35-38-41-44-47-65-78-90(105)116-93-88(114-102(111-7)97(118-92(107)80-67-49-46-43-40-37-34-31-28-25-22-19-16-13-10-3)95(93)117-91(106)79-66-48-45-42-39-36-33-30-27-24-21-18-15-12-9-2)81-112-103-98(121-101(110)85-72-59-52-60-73-85)96(120-100(109)84-70-57-51-58-71-84)94(119-99(108)83-68-55-50-56-69-83)89(115-103)82-113-122(104(4,5)6,86-74-61-53-62-75-86)87-76-63-54-64-77-87/h50-64,68-77,88-89,93-98,102-103H,8-49,65-67,78-82H2,1-7H3/t88-,89-,93-,94-,95+,96+,97-,98-,102+,103-/m1/s1. The summed E-state index contributed by atoms with van der Waals surface area (Å²) in [6, 6.07) is 44.9. The molecule has 0 aromatic heterocycles. The molecule has 2 heterocycles. The van der Waals surface area contributed by atoms with Gasteiger partial charge in [0.15, 0.2) is 49.2 Å². The van der Waals surface area contributed by atoms with Crippen LogP contribution in [0.15, 0.2) is 152 Å². The Bertz CT molecular complexity index is 3520. The van der Waals surface area contributed by atoms with Crippen molar-refractivity contribution in [3.8, 4) is 0 Å². The molecule has 2 aliphatic rings. The summed E-state index contributed by atoms with van der Waals surface area (Å²) >= 11 is 0. The molecule has 0 saturated carbocycles. The highest BCUT2D eigenvalue weighted by Crippen LogP contribution is 2.40. The van der Waals surface area contributed by atoms with E-state index in [-0.39, 0.29) is 42.6 Å². The van der Waals surface area contributed by atoms with E-state index >= 15 is 4.79 Å². The van der Waals surface area contributed by atoms with Gasteiger partial charge in [-0.3, -0.25) is 14.4 Å². The summed E-state index contributed by atoms with van der Waals surface area (Å²) in [5, 5.41) is 1.29. The molecule has 10 atom stereocenters. The Hall–Kier alpha value is -7.06. The van der Waals surface area contributed by atoms with Crippen molar-refractivity contribution in [2.75, 3.05) is 20.3 Å². The number of hydrogen-bond acceptors (Lipinski definition) is 17. The minimum atomic E-state index is -3.50. The fourth-order valence-corrected chi connectivity index (χ4v) is 21.7. The van der Waals surface area contributed by atoms with Gasteiger partial charge in [-0.2, -0.15) is 0 Å². The number of carbonyl (C=O) groups excluding carboxylic acids is 6. The Labute approximate surface area is 735 Å². The van der Waals surface area contributed by atoms with E-state index in [1.54, 1.807) is 91.0 Å². The van der Waals surface area contributed by atoms with Gasteiger partial charge in [0.25, 0.3) is 8.32 Å². The molecule has 0 bridgehead atoms. The molecule has 678 valence electrons. The summed E-state index contributed by atoms with van der Waals surface area (Å²) in [5.41, 5.74) is 0.436. The summed E-state index contributed by atoms with van der Waals surface area (Å²) < 4.78 is 74.7. The van der Waals surface area contributed by atoms with E-state index < -0.39 is 117 Å². The maximum atomic E-state index is 15.0. The average molecular weight is 1710 g/mol. The Morgan fingerprint density at radius 3 is 0.836 bits per heavy atom. The second kappa shape index (κ2) is 61.3. The first-order chi connectivity index (χ1) is 59.6. The number of ether oxygens (including phenoxy) is 10. The van der Waals surface area contributed by atoms with Gasteiger partial charge >= 0.3 is 35.8 Å². The van der Waals surface area contributed by atoms with Gasteiger partial charge in [0.1, 0.15) is 12.2 Å². The van der Waals surface area contributed by atoms with E-state index in [1.807, 2.05) is 60.7 Å². The van der Waals surface area contributed by atoms with Crippen LogP contribution in [0.3, 0.4) is 0 Å². The first-order valence-electron chi connectivity index (χ1n) is 48.2. The third kappa shape index (κ3) is 37.6. The van der Waals surface area contributed by atoms with Crippen molar-refractivity contribution in [1.29, 1.82) is 0 Å². The van der Waals surface area contributed by atoms with E-state index in [0.717, 1.165) is 87.4 Å². The number of unbranched alkanes of at least 4 members (excludes halogenated alkanes) is 42. The quantitative estimate of drug-likeness (QED) is 0.0154. The average Bonchev–Trinajstić information content (AvgIpc) is 0.742. The predicted molar refractivity (Wildman–Crippen MR) is 489 cm³/mol. The maximum Gasteiger partial charge on any atom is 0.338 e. The number of carbonyl (C=O) groups is 6. The van der Waals surface area contributed by atoms with Crippen molar-refractivity contribution in [3.63, 3.8) is 0 Å². The van der Waals surface area contributed by atoms with Crippen molar-refractivity contribution < 1.29 is 80.6 Å². The lowest BCUT2D eigenvalue weighted by Gasteiger charge is -2.48. The van der Waals surface area contributed by atoms with Crippen LogP contribution in [0.5, 0.6) is 0 Å². The maximum absolute atomic E-state index is 15.0. The van der Waals surface area contributed by atoms with Crippen LogP contribution in [0.4, 0.5) is 0 Å². The second-order valence-corrected chi connectivity index (χ2v) is 39.6. The van der Waals surface area contributed by atoms with Gasteiger partial charge in [0.2, 0.25) is 0 Å². The van der Waals surface area contributed by atoms with Gasteiger partial charge in [-0.15, -0.1) is 0 Å². The topological polar surface area (TPSA) is 204 Å². The number of benzene rings is 5. The Kier molecular flexibility index (Phi) is 51.3. The van der Waals surface area contributed by atoms with Gasteiger partial charge in [0.05, 0.1) is 29.9 Å². The lowest BCUT2D eigenvalue weighted by atomic mass is 9.96. The largest absolute Gasteiger partial charge is 0.455 e. The molecular weight excluding hydrogens is 1550 g/mol. The Morgan fingerprint density at radius 1 is 0.287 bits per heavy atom. The van der Waals surface area contributed by atoms with Crippen LogP contribution >= 0.6 is 0 Å². The molecule has 0 N–H and O–H groups in total. The van der Waals surface area contributed by atoms with Gasteiger partial charge < -0.3 is 51.8 Å². The second-order valence-electron chi connectivity index (χ2n) is 35.3. The molecule has 0 unspecified atom stereocenters. The van der Waals surface area contributed by atoms with Crippen molar-refractivity contribution in [1.82, 2.24) is 0 Å². The van der Waals surface area contributed by atoms with Crippen molar-refractivity contribution in [2.24, 2.45) is 0 Å². The molecule has 5 aromatic rings. The predicted octanol–water partition coefficient (Wildman–Crippen LogP) is 24.9. The fraction of sp³-hybridized carbons (Fsp3) is 0.654. The van der Waals surface area contributed by atoms with Crippen LogP contribution in [0.2, 0.25) is 5.04 Å². The summed E-state index contributed by atoms with van der Waals surface area (Å²) in [7, 11) is -2.10. The third-order valence-corrected chi connectivity index (χ3v) is 29.2. The summed E-state index contributed by atoms with van der Waals surface area (Å²) in [6.07, 6.45) is 36.7. The van der Waals surface area contributed by atoms with E-state index in [4.69, 9.17) is 51.8 Å². The highest BCUT2D eigenvalue weighted by Gasteiger charge is 2.58. The smallest absolute Gasteiger partial charge is 0.338 e. The van der Waals surface area contributed by atoms with Crippen molar-refractivity contribution in [2.45, 2.75) is 416 Å².